The summed E-state index contributed by atoms with van der Waals surface area (Å²) >= 11 is 0. The van der Waals surface area contributed by atoms with Crippen molar-refractivity contribution < 1.29 is 43.0 Å². The van der Waals surface area contributed by atoms with Crippen LogP contribution in [0.15, 0.2) is 82.0 Å². The minimum Gasteiger partial charge on any atom is -0.478 e. The molecule has 0 amide bonds. The van der Waals surface area contributed by atoms with Crippen LogP contribution in [0.1, 0.15) is 41.4 Å². The first-order valence-corrected chi connectivity index (χ1v) is 10.9. The highest BCUT2D eigenvalue weighted by atomic mass is 16.6. The molecule has 2 aromatic heterocycles. The van der Waals surface area contributed by atoms with E-state index in [1.165, 1.54) is 48.9 Å². The number of fused-ring (bicyclic) bond motifs is 6. The molecule has 9 nitrogen and oxygen atoms in total. The zero-order chi connectivity index (χ0) is 25.8. The van der Waals surface area contributed by atoms with E-state index in [1.807, 2.05) is 0 Å². The van der Waals surface area contributed by atoms with Crippen LogP contribution < -0.4 is 0 Å². The summed E-state index contributed by atoms with van der Waals surface area (Å²) in [5.41, 5.74) is -0.0994. The predicted molar refractivity (Wildman–Crippen MR) is 131 cm³/mol. The van der Waals surface area contributed by atoms with Gasteiger partial charge in [-0.05, 0) is 47.2 Å². The summed E-state index contributed by atoms with van der Waals surface area (Å²) < 4.78 is 16.1. The van der Waals surface area contributed by atoms with Gasteiger partial charge in [0.25, 0.3) is 0 Å². The van der Waals surface area contributed by atoms with Crippen molar-refractivity contribution in [3.05, 3.63) is 95.4 Å². The SMILES string of the molecule is O=C(O)c1cccc2c1c(C(=O)OC(=O)c1cc3occc3c3cccc(C(=O)O)c13)cc1occc12. The second-order valence-corrected chi connectivity index (χ2v) is 8.26. The average Bonchev–Trinajstić information content (AvgIpc) is 3.56. The molecule has 2 heterocycles. The third-order valence-electron chi connectivity index (χ3n) is 6.28. The van der Waals surface area contributed by atoms with Crippen molar-refractivity contribution in [2.75, 3.05) is 0 Å². The average molecular weight is 494 g/mol. The highest BCUT2D eigenvalue weighted by molar-refractivity contribution is 6.24. The summed E-state index contributed by atoms with van der Waals surface area (Å²) in [5.74, 6) is -4.78. The van der Waals surface area contributed by atoms with Crippen LogP contribution in [0.25, 0.3) is 43.5 Å². The minimum absolute atomic E-state index is 0.0827. The summed E-state index contributed by atoms with van der Waals surface area (Å²) in [5, 5.41) is 21.7. The van der Waals surface area contributed by atoms with E-state index in [9.17, 15) is 29.4 Å². The number of ether oxygens (including phenoxy) is 1. The zero-order valence-electron chi connectivity index (χ0n) is 18.7. The fourth-order valence-electron chi connectivity index (χ4n) is 4.72. The standard InChI is InChI=1S/C28H14O9/c29-25(30)17-5-1-3-15-13-7-9-35-21(13)11-19(23(15)17)27(33)37-28(34)20-12-22-14(8-10-36-22)16-4-2-6-18(24(16)20)26(31)32/h1-12H,(H,29,30)(H,31,32). The molecule has 0 atom stereocenters. The van der Waals surface area contributed by atoms with Gasteiger partial charge in [0.15, 0.2) is 0 Å². The van der Waals surface area contributed by atoms with Gasteiger partial charge in [-0.25, -0.2) is 19.2 Å². The lowest BCUT2D eigenvalue weighted by molar-refractivity contribution is 0.0400. The normalized spacial score (nSPS) is 11.4. The Bertz CT molecular complexity index is 1810. The molecule has 0 saturated carbocycles. The van der Waals surface area contributed by atoms with Crippen molar-refractivity contribution in [3.8, 4) is 0 Å². The largest absolute Gasteiger partial charge is 0.478 e. The second-order valence-electron chi connectivity index (χ2n) is 8.26. The minimum atomic E-state index is -1.27. The molecule has 0 saturated heterocycles. The molecule has 37 heavy (non-hydrogen) atoms. The molecule has 6 rings (SSSR count). The number of aromatic carboxylic acids is 2. The molecule has 0 bridgehead atoms. The van der Waals surface area contributed by atoms with Crippen LogP contribution in [0.4, 0.5) is 0 Å². The number of rotatable bonds is 4. The highest BCUT2D eigenvalue weighted by Crippen LogP contribution is 2.35. The van der Waals surface area contributed by atoms with E-state index in [2.05, 4.69) is 0 Å². The Morgan fingerprint density at radius 3 is 1.41 bits per heavy atom. The van der Waals surface area contributed by atoms with Crippen LogP contribution in [0, 0.1) is 0 Å². The molecule has 6 aromatic rings. The molecule has 4 aromatic carbocycles. The number of esters is 2. The molecule has 0 radical (unpaired) electrons. The van der Waals surface area contributed by atoms with Crippen molar-refractivity contribution in [1.82, 2.24) is 0 Å². The Morgan fingerprint density at radius 1 is 0.568 bits per heavy atom. The van der Waals surface area contributed by atoms with Crippen molar-refractivity contribution in [2.45, 2.75) is 0 Å². The van der Waals surface area contributed by atoms with Gasteiger partial charge < -0.3 is 23.8 Å². The van der Waals surface area contributed by atoms with Gasteiger partial charge >= 0.3 is 23.9 Å². The maximum atomic E-state index is 13.3. The lowest BCUT2D eigenvalue weighted by atomic mass is 9.96. The van der Waals surface area contributed by atoms with E-state index >= 15 is 0 Å². The smallest absolute Gasteiger partial charge is 0.346 e. The van der Waals surface area contributed by atoms with Gasteiger partial charge in [-0.15, -0.1) is 0 Å². The highest BCUT2D eigenvalue weighted by Gasteiger charge is 2.26. The van der Waals surface area contributed by atoms with Crippen molar-refractivity contribution in [2.24, 2.45) is 0 Å². The van der Waals surface area contributed by atoms with Crippen LogP contribution in [0.3, 0.4) is 0 Å². The molecule has 180 valence electrons. The molecule has 9 heteroatoms. The zero-order valence-corrected chi connectivity index (χ0v) is 18.7. The Balaban J connectivity index is 1.53. The van der Waals surface area contributed by atoms with E-state index in [0.29, 0.717) is 32.7 Å². The summed E-state index contributed by atoms with van der Waals surface area (Å²) in [6.45, 7) is 0. The first kappa shape index (κ1) is 22.1. The van der Waals surface area contributed by atoms with Gasteiger partial charge in [-0.1, -0.05) is 24.3 Å². The summed E-state index contributed by atoms with van der Waals surface area (Å²) in [6.07, 6.45) is 2.80. The summed E-state index contributed by atoms with van der Waals surface area (Å²) in [6, 6.07) is 14.9. The number of furan rings is 2. The number of hydrogen-bond acceptors (Lipinski definition) is 7. The predicted octanol–water partition coefficient (Wildman–Crippen LogP) is 5.88. The van der Waals surface area contributed by atoms with E-state index < -0.39 is 23.9 Å². The lowest BCUT2D eigenvalue weighted by Crippen LogP contribution is -2.15. The number of carboxylic acid groups (broad SMARTS) is 2. The maximum absolute atomic E-state index is 13.3. The van der Waals surface area contributed by atoms with Gasteiger partial charge in [0, 0.05) is 21.5 Å². The fourth-order valence-corrected chi connectivity index (χ4v) is 4.72. The molecule has 0 aliphatic carbocycles. The van der Waals surface area contributed by atoms with Gasteiger partial charge in [-0.3, -0.25) is 0 Å². The Hall–Kier alpha value is -5.44. The van der Waals surface area contributed by atoms with Crippen LogP contribution in [0.5, 0.6) is 0 Å². The molecule has 0 fully saturated rings. The Kier molecular flexibility index (Phi) is 4.80. The second kappa shape index (κ2) is 8.06. The molecular weight excluding hydrogens is 480 g/mol. The van der Waals surface area contributed by atoms with Crippen molar-refractivity contribution in [1.29, 1.82) is 0 Å². The molecule has 2 N–H and O–H groups in total. The number of carbonyl (C=O) groups is 4. The number of carboxylic acids is 2. The van der Waals surface area contributed by atoms with Gasteiger partial charge in [0.2, 0.25) is 0 Å². The van der Waals surface area contributed by atoms with Gasteiger partial charge in [0.1, 0.15) is 11.2 Å². The molecule has 0 aliphatic heterocycles. The van der Waals surface area contributed by atoms with E-state index in [0.717, 1.165) is 0 Å². The summed E-state index contributed by atoms with van der Waals surface area (Å²) in [4.78, 5) is 50.6. The Morgan fingerprint density at radius 2 is 1.00 bits per heavy atom. The third kappa shape index (κ3) is 3.33. The summed E-state index contributed by atoms with van der Waals surface area (Å²) in [7, 11) is 0. The van der Waals surface area contributed by atoms with Crippen LogP contribution >= 0.6 is 0 Å². The maximum Gasteiger partial charge on any atom is 0.346 e. The van der Waals surface area contributed by atoms with E-state index in [1.54, 1.807) is 24.3 Å². The number of benzene rings is 4. The first-order valence-electron chi connectivity index (χ1n) is 10.9. The van der Waals surface area contributed by atoms with E-state index in [-0.39, 0.29) is 33.0 Å². The quantitative estimate of drug-likeness (QED) is 0.227. The number of carbonyl (C=O) groups excluding carboxylic acids is 2. The topological polar surface area (TPSA) is 144 Å². The van der Waals surface area contributed by atoms with Gasteiger partial charge in [0.05, 0.1) is 34.8 Å². The molecule has 0 spiro atoms. The monoisotopic (exact) mass is 494 g/mol. The van der Waals surface area contributed by atoms with E-state index in [4.69, 9.17) is 13.6 Å². The molecule has 0 aliphatic rings. The van der Waals surface area contributed by atoms with Crippen molar-refractivity contribution in [3.63, 3.8) is 0 Å². The third-order valence-corrected chi connectivity index (χ3v) is 6.28. The van der Waals surface area contributed by atoms with Crippen LogP contribution in [-0.2, 0) is 4.74 Å². The van der Waals surface area contributed by atoms with Crippen molar-refractivity contribution >= 4 is 67.4 Å². The molecule has 0 unspecified atom stereocenters. The lowest BCUT2D eigenvalue weighted by Gasteiger charge is -2.12. The Labute approximate surface area is 206 Å². The van der Waals surface area contributed by atoms with Crippen LogP contribution in [0.2, 0.25) is 0 Å². The fraction of sp³-hybridized carbons (Fsp3) is 0. The molecular formula is C28H14O9. The first-order chi connectivity index (χ1) is 17.8. The van der Waals surface area contributed by atoms with Crippen LogP contribution in [-0.4, -0.2) is 34.1 Å². The number of hydrogen-bond donors (Lipinski definition) is 2. The van der Waals surface area contributed by atoms with Gasteiger partial charge in [-0.2, -0.15) is 0 Å².